The summed E-state index contributed by atoms with van der Waals surface area (Å²) in [5.74, 6) is -3.22. The maximum Gasteiger partial charge on any atom is 0.307 e. The summed E-state index contributed by atoms with van der Waals surface area (Å²) in [6, 6.07) is 12.7. The first-order chi connectivity index (χ1) is 12.4. The molecule has 2 aromatic carbocycles. The minimum Gasteiger partial charge on any atom is -0.481 e. The van der Waals surface area contributed by atoms with Crippen molar-refractivity contribution in [2.75, 3.05) is 0 Å². The third-order valence-corrected chi connectivity index (χ3v) is 4.82. The standard InChI is InChI=1S/2C10H9FO2/c2*11-9-4-2-1-3-6(9)7-5-8(7)10(12)13/h2*1-4,7-8H,5H2,(H,12,13). The van der Waals surface area contributed by atoms with Crippen molar-refractivity contribution < 1.29 is 28.6 Å². The van der Waals surface area contributed by atoms with Gasteiger partial charge in [0.1, 0.15) is 11.6 Å². The molecule has 2 aliphatic carbocycles. The second-order valence-electron chi connectivity index (χ2n) is 6.62. The van der Waals surface area contributed by atoms with Crippen LogP contribution in [0.1, 0.15) is 35.8 Å². The summed E-state index contributed by atoms with van der Waals surface area (Å²) in [6.45, 7) is 0. The number of carboxylic acids is 2. The molecule has 4 rings (SSSR count). The summed E-state index contributed by atoms with van der Waals surface area (Å²) >= 11 is 0. The van der Waals surface area contributed by atoms with Crippen LogP contribution in [0.4, 0.5) is 8.78 Å². The van der Waals surface area contributed by atoms with Gasteiger partial charge in [0.05, 0.1) is 11.8 Å². The highest BCUT2D eigenvalue weighted by Gasteiger charge is 2.45. The molecular weight excluding hydrogens is 342 g/mol. The van der Waals surface area contributed by atoms with E-state index in [0.29, 0.717) is 24.0 Å². The fourth-order valence-electron chi connectivity index (χ4n) is 3.17. The van der Waals surface area contributed by atoms with Crippen molar-refractivity contribution in [1.29, 1.82) is 0 Å². The van der Waals surface area contributed by atoms with Gasteiger partial charge in [-0.05, 0) is 36.1 Å². The third-order valence-electron chi connectivity index (χ3n) is 4.82. The van der Waals surface area contributed by atoms with E-state index >= 15 is 0 Å². The van der Waals surface area contributed by atoms with Gasteiger partial charge in [-0.2, -0.15) is 0 Å². The second-order valence-corrected chi connectivity index (χ2v) is 6.62. The normalized spacial score (nSPS) is 25.6. The molecule has 4 unspecified atom stereocenters. The molecule has 4 nitrogen and oxygen atoms in total. The molecule has 4 atom stereocenters. The largest absolute Gasteiger partial charge is 0.481 e. The molecule has 2 aliphatic rings. The Morgan fingerprint density at radius 3 is 1.35 bits per heavy atom. The summed E-state index contributed by atoms with van der Waals surface area (Å²) in [5, 5.41) is 17.3. The van der Waals surface area contributed by atoms with Crippen LogP contribution in [-0.2, 0) is 9.59 Å². The molecule has 2 saturated carbocycles. The summed E-state index contributed by atoms with van der Waals surface area (Å²) in [5.41, 5.74) is 1.07. The maximum absolute atomic E-state index is 13.1. The van der Waals surface area contributed by atoms with E-state index in [1.54, 1.807) is 36.4 Å². The average molecular weight is 360 g/mol. The van der Waals surface area contributed by atoms with E-state index in [1.165, 1.54) is 12.1 Å². The van der Waals surface area contributed by atoms with E-state index in [0.717, 1.165) is 0 Å². The SMILES string of the molecule is O=C(O)C1CC1c1ccccc1F.O=C(O)C1CC1c1ccccc1F. The Morgan fingerprint density at radius 2 is 1.08 bits per heavy atom. The smallest absolute Gasteiger partial charge is 0.307 e. The average Bonchev–Trinajstić information content (AvgIpc) is 3.49. The molecule has 2 fully saturated rings. The molecule has 0 saturated heterocycles. The van der Waals surface area contributed by atoms with Gasteiger partial charge in [-0.3, -0.25) is 9.59 Å². The maximum atomic E-state index is 13.1. The van der Waals surface area contributed by atoms with Crippen LogP contribution in [0.25, 0.3) is 0 Å². The van der Waals surface area contributed by atoms with Crippen molar-refractivity contribution in [2.24, 2.45) is 11.8 Å². The van der Waals surface area contributed by atoms with Crippen LogP contribution in [0.2, 0.25) is 0 Å². The first kappa shape index (κ1) is 18.0. The number of carbonyl (C=O) groups is 2. The van der Waals surface area contributed by atoms with E-state index in [9.17, 15) is 18.4 Å². The zero-order valence-corrected chi connectivity index (χ0v) is 13.8. The van der Waals surface area contributed by atoms with Crippen molar-refractivity contribution in [1.82, 2.24) is 0 Å². The Balaban J connectivity index is 0.000000151. The van der Waals surface area contributed by atoms with Crippen LogP contribution < -0.4 is 0 Å². The summed E-state index contributed by atoms with van der Waals surface area (Å²) in [6.07, 6.45) is 1.13. The summed E-state index contributed by atoms with van der Waals surface area (Å²) < 4.78 is 26.2. The highest BCUT2D eigenvalue weighted by molar-refractivity contribution is 5.75. The minimum atomic E-state index is -0.826. The molecule has 2 aromatic rings. The minimum absolute atomic E-state index is 0.112. The molecular formula is C20H18F2O4. The molecule has 0 heterocycles. The lowest BCUT2D eigenvalue weighted by Crippen LogP contribution is -1.99. The lowest BCUT2D eigenvalue weighted by molar-refractivity contribution is -0.139. The highest BCUT2D eigenvalue weighted by Crippen LogP contribution is 2.48. The molecule has 6 heteroatoms. The third kappa shape index (κ3) is 3.90. The first-order valence-corrected chi connectivity index (χ1v) is 8.34. The highest BCUT2D eigenvalue weighted by atomic mass is 19.1. The van der Waals surface area contributed by atoms with Crippen molar-refractivity contribution in [2.45, 2.75) is 24.7 Å². The molecule has 0 aliphatic heterocycles. The molecule has 0 spiro atoms. The fourth-order valence-corrected chi connectivity index (χ4v) is 3.17. The van der Waals surface area contributed by atoms with E-state index in [1.807, 2.05) is 0 Å². The van der Waals surface area contributed by atoms with E-state index in [4.69, 9.17) is 10.2 Å². The van der Waals surface area contributed by atoms with Crippen LogP contribution in [0.5, 0.6) is 0 Å². The van der Waals surface area contributed by atoms with Crippen molar-refractivity contribution in [3.63, 3.8) is 0 Å². The molecule has 0 radical (unpaired) electrons. The summed E-state index contributed by atoms with van der Waals surface area (Å²) in [4.78, 5) is 21.1. The van der Waals surface area contributed by atoms with Gasteiger partial charge in [0.25, 0.3) is 0 Å². The zero-order chi connectivity index (χ0) is 18.8. The van der Waals surface area contributed by atoms with Gasteiger partial charge >= 0.3 is 11.9 Å². The van der Waals surface area contributed by atoms with Crippen LogP contribution in [0.3, 0.4) is 0 Å². The van der Waals surface area contributed by atoms with Gasteiger partial charge in [0.2, 0.25) is 0 Å². The Hall–Kier alpha value is -2.76. The van der Waals surface area contributed by atoms with Gasteiger partial charge in [-0.1, -0.05) is 36.4 Å². The number of rotatable bonds is 4. The molecule has 2 N–H and O–H groups in total. The van der Waals surface area contributed by atoms with Crippen molar-refractivity contribution in [3.8, 4) is 0 Å². The van der Waals surface area contributed by atoms with Crippen LogP contribution >= 0.6 is 0 Å². The van der Waals surface area contributed by atoms with Gasteiger partial charge in [0.15, 0.2) is 0 Å². The van der Waals surface area contributed by atoms with Gasteiger partial charge < -0.3 is 10.2 Å². The number of halogens is 2. The van der Waals surface area contributed by atoms with Gasteiger partial charge in [0, 0.05) is 11.8 Å². The van der Waals surface area contributed by atoms with Crippen molar-refractivity contribution >= 4 is 11.9 Å². The topological polar surface area (TPSA) is 74.6 Å². The van der Waals surface area contributed by atoms with E-state index in [-0.39, 0.29) is 35.3 Å². The predicted molar refractivity (Wildman–Crippen MR) is 89.8 cm³/mol. The van der Waals surface area contributed by atoms with Gasteiger partial charge in [-0.25, -0.2) is 8.78 Å². The summed E-state index contributed by atoms with van der Waals surface area (Å²) in [7, 11) is 0. The van der Waals surface area contributed by atoms with E-state index < -0.39 is 11.9 Å². The molecule has 0 aromatic heterocycles. The Bertz CT molecular complexity index is 767. The number of benzene rings is 2. The first-order valence-electron chi connectivity index (χ1n) is 8.34. The molecule has 136 valence electrons. The van der Waals surface area contributed by atoms with Crippen LogP contribution in [-0.4, -0.2) is 22.2 Å². The van der Waals surface area contributed by atoms with Gasteiger partial charge in [-0.15, -0.1) is 0 Å². The lowest BCUT2D eigenvalue weighted by atomic mass is 10.1. The fraction of sp³-hybridized carbons (Fsp3) is 0.300. The number of hydrogen-bond donors (Lipinski definition) is 2. The predicted octanol–water partition coefficient (Wildman–Crippen LogP) is 4.03. The number of hydrogen-bond acceptors (Lipinski definition) is 2. The molecule has 0 bridgehead atoms. The Morgan fingerprint density at radius 1 is 0.731 bits per heavy atom. The van der Waals surface area contributed by atoms with Crippen molar-refractivity contribution in [3.05, 3.63) is 71.3 Å². The lowest BCUT2D eigenvalue weighted by Gasteiger charge is -1.99. The molecule has 26 heavy (non-hydrogen) atoms. The monoisotopic (exact) mass is 360 g/mol. The van der Waals surface area contributed by atoms with E-state index in [2.05, 4.69) is 0 Å². The number of aliphatic carboxylic acids is 2. The quantitative estimate of drug-likeness (QED) is 0.863. The molecule has 0 amide bonds. The second kappa shape index (κ2) is 7.23. The number of carboxylic acid groups (broad SMARTS) is 2. The van der Waals surface area contributed by atoms with Crippen LogP contribution in [0, 0.1) is 23.5 Å². The van der Waals surface area contributed by atoms with Crippen LogP contribution in [0.15, 0.2) is 48.5 Å². The Labute approximate surface area is 149 Å². The Kier molecular flexibility index (Phi) is 5.02. The zero-order valence-electron chi connectivity index (χ0n) is 13.8.